The summed E-state index contributed by atoms with van der Waals surface area (Å²) in [7, 11) is 4.82. The summed E-state index contributed by atoms with van der Waals surface area (Å²) in [5.41, 5.74) is 1.93. The Morgan fingerprint density at radius 3 is 2.44 bits per heavy atom. The molecule has 0 spiro atoms. The van der Waals surface area contributed by atoms with Gasteiger partial charge in [-0.2, -0.15) is 0 Å². The fourth-order valence-electron chi connectivity index (χ4n) is 3.17. The molecule has 1 atom stereocenters. The average molecular weight is 371 g/mol. The molecule has 1 saturated heterocycles. The highest BCUT2D eigenvalue weighted by atomic mass is 16.5. The third kappa shape index (κ3) is 4.52. The second-order valence-electron chi connectivity index (χ2n) is 6.34. The topological polar surface area (TPSA) is 57.2 Å². The molecule has 0 bridgehead atoms. The number of ether oxygens (including phenoxy) is 4. The monoisotopic (exact) mass is 371 g/mol. The van der Waals surface area contributed by atoms with Crippen LogP contribution in [0.3, 0.4) is 0 Å². The Hall–Kier alpha value is -2.73. The number of carbonyl (C=O) groups excluding carboxylic acids is 1. The van der Waals surface area contributed by atoms with Gasteiger partial charge in [0, 0.05) is 6.54 Å². The maximum atomic E-state index is 12.8. The molecule has 2 aromatic carbocycles. The molecule has 0 aromatic heterocycles. The van der Waals surface area contributed by atoms with E-state index in [1.54, 1.807) is 21.3 Å². The smallest absolute Gasteiger partial charge is 0.227 e. The van der Waals surface area contributed by atoms with Crippen molar-refractivity contribution in [2.75, 3.05) is 41.0 Å². The van der Waals surface area contributed by atoms with Crippen LogP contribution in [-0.2, 0) is 16.0 Å². The Bertz CT molecular complexity index is 775. The quantitative estimate of drug-likeness (QED) is 0.782. The molecule has 6 nitrogen and oxygen atoms in total. The second kappa shape index (κ2) is 8.77. The third-order valence-corrected chi connectivity index (χ3v) is 4.71. The van der Waals surface area contributed by atoms with E-state index in [2.05, 4.69) is 0 Å². The standard InChI is InChI=1S/C21H25NO5/c1-24-17-7-5-16(6-8-17)20-14-22(10-11-27-20)21(23)13-15-4-9-18(25-2)19(12-15)26-3/h4-9,12,20H,10-11,13-14H2,1-3H3. The fraction of sp³-hybridized carbons (Fsp3) is 0.381. The molecule has 1 heterocycles. The van der Waals surface area contributed by atoms with Gasteiger partial charge in [-0.05, 0) is 35.4 Å². The average Bonchev–Trinajstić information content (AvgIpc) is 2.73. The number of hydrogen-bond donors (Lipinski definition) is 0. The maximum Gasteiger partial charge on any atom is 0.227 e. The molecule has 1 amide bonds. The number of rotatable bonds is 6. The van der Waals surface area contributed by atoms with E-state index in [0.717, 1.165) is 16.9 Å². The Labute approximate surface area is 159 Å². The summed E-state index contributed by atoms with van der Waals surface area (Å²) >= 11 is 0. The summed E-state index contributed by atoms with van der Waals surface area (Å²) in [6.07, 6.45) is 0.189. The van der Waals surface area contributed by atoms with Crippen LogP contribution in [-0.4, -0.2) is 51.8 Å². The van der Waals surface area contributed by atoms with Crippen LogP contribution in [0.5, 0.6) is 17.2 Å². The summed E-state index contributed by atoms with van der Waals surface area (Å²) < 4.78 is 21.6. The van der Waals surface area contributed by atoms with Crippen LogP contribution < -0.4 is 14.2 Å². The number of methoxy groups -OCH3 is 3. The third-order valence-electron chi connectivity index (χ3n) is 4.71. The van der Waals surface area contributed by atoms with E-state index in [0.29, 0.717) is 37.6 Å². The predicted octanol–water partition coefficient (Wildman–Crippen LogP) is 2.86. The minimum absolute atomic E-state index is 0.0732. The van der Waals surface area contributed by atoms with Gasteiger partial charge in [0.1, 0.15) is 11.9 Å². The van der Waals surface area contributed by atoms with E-state index < -0.39 is 0 Å². The van der Waals surface area contributed by atoms with Gasteiger partial charge in [0.2, 0.25) is 5.91 Å². The van der Waals surface area contributed by atoms with Crippen molar-refractivity contribution < 1.29 is 23.7 Å². The van der Waals surface area contributed by atoms with Crippen molar-refractivity contribution in [3.8, 4) is 17.2 Å². The van der Waals surface area contributed by atoms with E-state index in [-0.39, 0.29) is 12.0 Å². The first kappa shape index (κ1) is 19.0. The Morgan fingerprint density at radius 2 is 1.78 bits per heavy atom. The summed E-state index contributed by atoms with van der Waals surface area (Å²) in [5, 5.41) is 0. The lowest BCUT2D eigenvalue weighted by molar-refractivity contribution is -0.138. The lowest BCUT2D eigenvalue weighted by Gasteiger charge is -2.33. The van der Waals surface area contributed by atoms with Crippen LogP contribution in [0.1, 0.15) is 17.2 Å². The zero-order valence-electron chi connectivity index (χ0n) is 15.9. The molecule has 1 aliphatic rings. The van der Waals surface area contributed by atoms with Crippen LogP contribution in [0.4, 0.5) is 0 Å². The van der Waals surface area contributed by atoms with Crippen molar-refractivity contribution in [1.29, 1.82) is 0 Å². The first-order valence-electron chi connectivity index (χ1n) is 8.89. The molecular formula is C21H25NO5. The summed E-state index contributed by atoms with van der Waals surface area (Å²) in [6.45, 7) is 1.66. The van der Waals surface area contributed by atoms with Gasteiger partial charge < -0.3 is 23.8 Å². The molecule has 3 rings (SSSR count). The molecule has 2 aromatic rings. The molecule has 27 heavy (non-hydrogen) atoms. The van der Waals surface area contributed by atoms with Gasteiger partial charge in [-0.1, -0.05) is 18.2 Å². The fourth-order valence-corrected chi connectivity index (χ4v) is 3.17. The van der Waals surface area contributed by atoms with Gasteiger partial charge >= 0.3 is 0 Å². The number of benzene rings is 2. The number of nitrogens with zero attached hydrogens (tertiary/aromatic N) is 1. The first-order valence-corrected chi connectivity index (χ1v) is 8.89. The Balaban J connectivity index is 1.66. The summed E-state index contributed by atoms with van der Waals surface area (Å²) in [5.74, 6) is 2.15. The van der Waals surface area contributed by atoms with Crippen LogP contribution >= 0.6 is 0 Å². The molecular weight excluding hydrogens is 346 g/mol. The molecule has 144 valence electrons. The Kier molecular flexibility index (Phi) is 6.19. The van der Waals surface area contributed by atoms with Crippen molar-refractivity contribution in [3.05, 3.63) is 53.6 Å². The van der Waals surface area contributed by atoms with Gasteiger partial charge in [0.05, 0.1) is 40.9 Å². The summed E-state index contributed by atoms with van der Waals surface area (Å²) in [4.78, 5) is 14.6. The van der Waals surface area contributed by atoms with E-state index in [1.165, 1.54) is 0 Å². The van der Waals surface area contributed by atoms with Crippen LogP contribution in [0.2, 0.25) is 0 Å². The molecule has 6 heteroatoms. The zero-order chi connectivity index (χ0) is 19.2. The highest BCUT2D eigenvalue weighted by Crippen LogP contribution is 2.28. The summed E-state index contributed by atoms with van der Waals surface area (Å²) in [6, 6.07) is 13.3. The zero-order valence-corrected chi connectivity index (χ0v) is 15.9. The Morgan fingerprint density at radius 1 is 1.04 bits per heavy atom. The molecule has 1 unspecified atom stereocenters. The van der Waals surface area contributed by atoms with Crippen molar-refractivity contribution in [3.63, 3.8) is 0 Å². The second-order valence-corrected chi connectivity index (χ2v) is 6.34. The van der Waals surface area contributed by atoms with Gasteiger partial charge in [-0.3, -0.25) is 4.79 Å². The first-order chi connectivity index (χ1) is 13.1. The van der Waals surface area contributed by atoms with Crippen LogP contribution in [0, 0.1) is 0 Å². The molecule has 1 fully saturated rings. The van der Waals surface area contributed by atoms with Crippen molar-refractivity contribution in [1.82, 2.24) is 4.90 Å². The van der Waals surface area contributed by atoms with Gasteiger partial charge in [-0.25, -0.2) is 0 Å². The SMILES string of the molecule is COc1ccc(C2CN(C(=O)Cc3ccc(OC)c(OC)c3)CCO2)cc1. The van der Waals surface area contributed by atoms with Gasteiger partial charge in [-0.15, -0.1) is 0 Å². The minimum Gasteiger partial charge on any atom is -0.497 e. The highest BCUT2D eigenvalue weighted by molar-refractivity contribution is 5.79. The van der Waals surface area contributed by atoms with Crippen molar-refractivity contribution >= 4 is 5.91 Å². The normalized spacial score (nSPS) is 16.7. The number of carbonyl (C=O) groups is 1. The van der Waals surface area contributed by atoms with E-state index in [4.69, 9.17) is 18.9 Å². The largest absolute Gasteiger partial charge is 0.497 e. The molecule has 0 N–H and O–H groups in total. The number of hydrogen-bond acceptors (Lipinski definition) is 5. The van der Waals surface area contributed by atoms with Crippen LogP contribution in [0.25, 0.3) is 0 Å². The van der Waals surface area contributed by atoms with Crippen molar-refractivity contribution in [2.24, 2.45) is 0 Å². The lowest BCUT2D eigenvalue weighted by Crippen LogP contribution is -2.42. The van der Waals surface area contributed by atoms with Gasteiger partial charge in [0.15, 0.2) is 11.5 Å². The molecule has 0 aliphatic carbocycles. The predicted molar refractivity (Wildman–Crippen MR) is 102 cm³/mol. The molecule has 0 radical (unpaired) electrons. The van der Waals surface area contributed by atoms with E-state index in [9.17, 15) is 4.79 Å². The number of morpholine rings is 1. The number of amides is 1. The maximum absolute atomic E-state index is 12.8. The lowest BCUT2D eigenvalue weighted by atomic mass is 10.1. The molecule has 1 aliphatic heterocycles. The van der Waals surface area contributed by atoms with Crippen molar-refractivity contribution in [2.45, 2.75) is 12.5 Å². The highest BCUT2D eigenvalue weighted by Gasteiger charge is 2.25. The minimum atomic E-state index is -0.126. The molecule has 0 saturated carbocycles. The van der Waals surface area contributed by atoms with E-state index in [1.807, 2.05) is 47.4 Å². The van der Waals surface area contributed by atoms with E-state index >= 15 is 0 Å². The van der Waals surface area contributed by atoms with Gasteiger partial charge in [0.25, 0.3) is 0 Å². The van der Waals surface area contributed by atoms with Crippen LogP contribution in [0.15, 0.2) is 42.5 Å².